The maximum atomic E-state index is 13.3. The summed E-state index contributed by atoms with van der Waals surface area (Å²) in [6.45, 7) is 4.72. The molecule has 190 valence electrons. The van der Waals surface area contributed by atoms with Gasteiger partial charge in [0.2, 0.25) is 10.0 Å². The first-order valence-corrected chi connectivity index (χ1v) is 14.4. The summed E-state index contributed by atoms with van der Waals surface area (Å²) in [5.74, 6) is 0.776. The number of anilines is 2. The number of ether oxygens (including phenoxy) is 1. The Labute approximate surface area is 213 Å². The maximum absolute atomic E-state index is 13.3. The fraction of sp³-hybridized carbons (Fsp3) is 0.556. The molecule has 1 N–H and O–H groups in total. The van der Waals surface area contributed by atoms with Crippen molar-refractivity contribution in [2.45, 2.75) is 54.9 Å². The van der Waals surface area contributed by atoms with Crippen molar-refractivity contribution >= 4 is 21.5 Å². The molecule has 0 radical (unpaired) electrons. The zero-order chi connectivity index (χ0) is 24.8. The zero-order valence-electron chi connectivity index (χ0n) is 20.5. The minimum Gasteiger partial charge on any atom is -0.380 e. The number of sulfonamides is 1. The Balaban J connectivity index is 1.03. The summed E-state index contributed by atoms with van der Waals surface area (Å²) in [5.41, 5.74) is 2.13. The fourth-order valence-electron chi connectivity index (χ4n) is 5.70. The lowest BCUT2D eigenvalue weighted by atomic mass is 9.77. The maximum Gasteiger partial charge on any atom is 0.243 e. The third-order valence-electron chi connectivity index (χ3n) is 8.57. The Morgan fingerprint density at radius 2 is 1.67 bits per heavy atom. The molecule has 4 heterocycles. The highest BCUT2D eigenvalue weighted by Gasteiger charge is 2.45. The van der Waals surface area contributed by atoms with Gasteiger partial charge in [-0.15, -0.1) is 0 Å². The molecule has 1 aliphatic carbocycles. The van der Waals surface area contributed by atoms with Crippen molar-refractivity contribution in [2.24, 2.45) is 5.41 Å². The van der Waals surface area contributed by atoms with E-state index in [4.69, 9.17) is 4.74 Å². The Morgan fingerprint density at radius 3 is 2.19 bits per heavy atom. The molecule has 9 heteroatoms. The van der Waals surface area contributed by atoms with Crippen LogP contribution < -0.4 is 10.2 Å². The van der Waals surface area contributed by atoms with Crippen molar-refractivity contribution in [3.05, 3.63) is 48.2 Å². The van der Waals surface area contributed by atoms with Crippen LogP contribution in [0.25, 0.3) is 0 Å². The molecule has 3 aliphatic heterocycles. The molecule has 1 aromatic heterocycles. The van der Waals surface area contributed by atoms with Crippen molar-refractivity contribution in [2.75, 3.05) is 49.6 Å². The number of nitrogens with one attached hydrogen (secondary N) is 1. The Morgan fingerprint density at radius 1 is 0.972 bits per heavy atom. The number of hydrogen-bond acceptors (Lipinski definition) is 7. The molecule has 4 aliphatic rings. The number of piperidine rings is 2. The molecule has 0 bridgehead atoms. The van der Waals surface area contributed by atoms with Crippen molar-refractivity contribution in [1.29, 1.82) is 5.26 Å². The quantitative estimate of drug-likeness (QED) is 0.639. The van der Waals surface area contributed by atoms with Crippen LogP contribution in [0.4, 0.5) is 11.5 Å². The van der Waals surface area contributed by atoms with E-state index in [-0.39, 0.29) is 11.5 Å². The molecule has 2 aromatic rings. The van der Waals surface area contributed by atoms with Gasteiger partial charge in [-0.1, -0.05) is 6.07 Å². The van der Waals surface area contributed by atoms with E-state index >= 15 is 0 Å². The second kappa shape index (κ2) is 9.02. The smallest absolute Gasteiger partial charge is 0.243 e. The van der Waals surface area contributed by atoms with Crippen molar-refractivity contribution in [1.82, 2.24) is 9.29 Å². The average molecular weight is 508 g/mol. The summed E-state index contributed by atoms with van der Waals surface area (Å²) in [4.78, 5) is 7.21. The van der Waals surface area contributed by atoms with Crippen LogP contribution in [0.3, 0.4) is 0 Å². The van der Waals surface area contributed by atoms with E-state index in [1.54, 1.807) is 22.6 Å². The van der Waals surface area contributed by atoms with Gasteiger partial charge in [0.1, 0.15) is 5.82 Å². The summed E-state index contributed by atoms with van der Waals surface area (Å²) >= 11 is 0. The normalized spacial score (nSPS) is 23.6. The van der Waals surface area contributed by atoms with E-state index in [9.17, 15) is 13.7 Å². The molecule has 0 amide bonds. The first kappa shape index (κ1) is 23.7. The zero-order valence-corrected chi connectivity index (χ0v) is 21.3. The van der Waals surface area contributed by atoms with Gasteiger partial charge in [-0.05, 0) is 74.4 Å². The largest absolute Gasteiger partial charge is 0.380 e. The van der Waals surface area contributed by atoms with Crippen molar-refractivity contribution in [3.8, 4) is 6.07 Å². The minimum atomic E-state index is -3.51. The lowest BCUT2D eigenvalue weighted by molar-refractivity contribution is -0.124. The van der Waals surface area contributed by atoms with E-state index in [1.165, 1.54) is 0 Å². The highest BCUT2D eigenvalue weighted by molar-refractivity contribution is 7.89. The van der Waals surface area contributed by atoms with Gasteiger partial charge in [0.25, 0.3) is 0 Å². The van der Waals surface area contributed by atoms with Gasteiger partial charge in [-0.2, -0.15) is 9.57 Å². The highest BCUT2D eigenvalue weighted by atomic mass is 32.2. The standard InChI is InChI=1S/C27H33N5O3S/c28-18-27(9-10-27)21-1-6-25(29-17-21)30-22-7-13-32(14-8-22)36(33,34)24-4-2-23(3-5-24)31-15-11-26(12-16-31)19-35-20-26/h1-6,17,22H,7-16,19-20H2,(H,29,30). The van der Waals surface area contributed by atoms with Crippen LogP contribution in [0.1, 0.15) is 44.1 Å². The molecule has 0 unspecified atom stereocenters. The van der Waals surface area contributed by atoms with Crippen LogP contribution in [0.15, 0.2) is 47.5 Å². The topological polar surface area (TPSA) is 98.6 Å². The fourth-order valence-corrected chi connectivity index (χ4v) is 7.17. The summed E-state index contributed by atoms with van der Waals surface area (Å²) in [7, 11) is -3.51. The second-order valence-corrected chi connectivity index (χ2v) is 12.9. The van der Waals surface area contributed by atoms with Crippen LogP contribution in [0.5, 0.6) is 0 Å². The Hall–Kier alpha value is -2.67. The minimum absolute atomic E-state index is 0.173. The van der Waals surface area contributed by atoms with E-state index in [0.29, 0.717) is 23.4 Å². The van der Waals surface area contributed by atoms with E-state index < -0.39 is 10.0 Å². The van der Waals surface area contributed by atoms with Crippen molar-refractivity contribution in [3.63, 3.8) is 0 Å². The highest BCUT2D eigenvalue weighted by Crippen LogP contribution is 2.47. The number of pyridine rings is 1. The molecular weight excluding hydrogens is 474 g/mol. The van der Waals surface area contributed by atoms with Crippen LogP contribution in [-0.2, 0) is 20.2 Å². The SMILES string of the molecule is N#CC1(c2ccc(NC3CCN(S(=O)(=O)c4ccc(N5CCC6(CC5)COC6)cc4)CC3)nc2)CC1. The third kappa shape index (κ3) is 4.36. The van der Waals surface area contributed by atoms with Gasteiger partial charge in [-0.25, -0.2) is 13.4 Å². The molecule has 4 fully saturated rings. The Bertz CT molecular complexity index is 1230. The van der Waals surface area contributed by atoms with Crippen LogP contribution in [0, 0.1) is 16.7 Å². The Kier molecular flexibility index (Phi) is 5.94. The van der Waals surface area contributed by atoms with Gasteiger partial charge >= 0.3 is 0 Å². The van der Waals surface area contributed by atoms with E-state index in [1.807, 2.05) is 24.3 Å². The summed E-state index contributed by atoms with van der Waals surface area (Å²) in [6.07, 6.45) is 7.33. The summed E-state index contributed by atoms with van der Waals surface area (Å²) in [5, 5.41) is 12.8. The number of benzene rings is 1. The van der Waals surface area contributed by atoms with Crippen LogP contribution in [0.2, 0.25) is 0 Å². The predicted molar refractivity (Wildman–Crippen MR) is 137 cm³/mol. The number of aromatic nitrogens is 1. The molecular formula is C27H33N5O3S. The van der Waals surface area contributed by atoms with Crippen LogP contribution in [-0.4, -0.2) is 63.1 Å². The van der Waals surface area contributed by atoms with Gasteiger partial charge in [0.15, 0.2) is 0 Å². The molecule has 36 heavy (non-hydrogen) atoms. The van der Waals surface area contributed by atoms with Gasteiger partial charge in [0.05, 0.1) is 29.6 Å². The molecule has 8 nitrogen and oxygen atoms in total. The first-order chi connectivity index (χ1) is 17.4. The van der Waals surface area contributed by atoms with Gasteiger partial charge in [0, 0.05) is 49.5 Å². The molecule has 6 rings (SSSR count). The summed E-state index contributed by atoms with van der Waals surface area (Å²) < 4.78 is 33.6. The lowest BCUT2D eigenvalue weighted by Crippen LogP contribution is -2.50. The molecule has 1 aromatic carbocycles. The number of nitrogens with zero attached hydrogens (tertiary/aromatic N) is 4. The molecule has 0 atom stereocenters. The van der Waals surface area contributed by atoms with E-state index in [0.717, 1.165) is 81.9 Å². The number of rotatable bonds is 6. The average Bonchev–Trinajstić information content (AvgIpc) is 3.70. The number of nitriles is 1. The second-order valence-electron chi connectivity index (χ2n) is 10.9. The van der Waals surface area contributed by atoms with E-state index in [2.05, 4.69) is 21.3 Å². The van der Waals surface area contributed by atoms with Crippen LogP contribution >= 0.6 is 0 Å². The summed E-state index contributed by atoms with van der Waals surface area (Å²) in [6, 6.07) is 13.9. The molecule has 3 saturated heterocycles. The lowest BCUT2D eigenvalue weighted by Gasteiger charge is -2.47. The van der Waals surface area contributed by atoms with Gasteiger partial charge in [-0.3, -0.25) is 0 Å². The van der Waals surface area contributed by atoms with Gasteiger partial charge < -0.3 is 15.0 Å². The van der Waals surface area contributed by atoms with Crippen molar-refractivity contribution < 1.29 is 13.2 Å². The molecule has 1 saturated carbocycles. The first-order valence-electron chi connectivity index (χ1n) is 13.0. The third-order valence-corrected chi connectivity index (χ3v) is 10.5. The predicted octanol–water partition coefficient (Wildman–Crippen LogP) is 3.52. The molecule has 1 spiro atoms. The number of hydrogen-bond donors (Lipinski definition) is 1. The monoisotopic (exact) mass is 507 g/mol.